The summed E-state index contributed by atoms with van der Waals surface area (Å²) in [5, 5.41) is 6.50. The first-order valence-electron chi connectivity index (χ1n) is 5.93. The van der Waals surface area contributed by atoms with Crippen molar-refractivity contribution in [2.75, 3.05) is 5.32 Å². The lowest BCUT2D eigenvalue weighted by atomic mass is 10.2. The Balaban J connectivity index is 2.30. The van der Waals surface area contributed by atoms with Crippen molar-refractivity contribution in [3.63, 3.8) is 0 Å². The number of hydrogen-bond acceptors (Lipinski definition) is 3. The number of halogens is 3. The number of carbonyl (C=O) groups is 1. The molecule has 0 unspecified atom stereocenters. The minimum Gasteiger partial charge on any atom is -0.433 e. The van der Waals surface area contributed by atoms with Gasteiger partial charge < -0.3 is 10.1 Å². The molecule has 0 spiro atoms. The lowest BCUT2D eigenvalue weighted by Gasteiger charge is -2.13. The number of nitrogens with one attached hydrogen (secondary N) is 1. The maximum Gasteiger partial charge on any atom is 0.387 e. The molecule has 1 aromatic heterocycles. The molecule has 1 N–H and O–H groups in total. The van der Waals surface area contributed by atoms with Crippen LogP contribution >= 0.6 is 11.6 Å². The van der Waals surface area contributed by atoms with E-state index >= 15 is 0 Å². The predicted octanol–water partition coefficient (Wildman–Crippen LogP) is 3.24. The van der Waals surface area contributed by atoms with Gasteiger partial charge >= 0.3 is 6.61 Å². The Hall–Kier alpha value is -2.15. The lowest BCUT2D eigenvalue weighted by molar-refractivity contribution is -0.0493. The van der Waals surface area contributed by atoms with E-state index in [0.29, 0.717) is 0 Å². The molecule has 21 heavy (non-hydrogen) atoms. The highest BCUT2D eigenvalue weighted by molar-refractivity contribution is 6.34. The molecule has 1 amide bonds. The third-order valence-corrected chi connectivity index (χ3v) is 2.99. The van der Waals surface area contributed by atoms with Gasteiger partial charge in [0, 0.05) is 7.05 Å². The fourth-order valence-electron chi connectivity index (χ4n) is 1.79. The molecule has 0 fully saturated rings. The zero-order valence-electron chi connectivity index (χ0n) is 11.2. The molecule has 112 valence electrons. The molecular weight excluding hydrogens is 304 g/mol. The highest BCUT2D eigenvalue weighted by atomic mass is 35.5. The molecular formula is C13H12ClF2N3O2. The zero-order chi connectivity index (χ0) is 15.6. The van der Waals surface area contributed by atoms with Crippen LogP contribution < -0.4 is 10.1 Å². The van der Waals surface area contributed by atoms with Gasteiger partial charge in [-0.05, 0) is 24.6 Å². The van der Waals surface area contributed by atoms with Gasteiger partial charge in [0.25, 0.3) is 5.91 Å². The van der Waals surface area contributed by atoms with E-state index < -0.39 is 12.5 Å². The Morgan fingerprint density at radius 2 is 2.19 bits per heavy atom. The summed E-state index contributed by atoms with van der Waals surface area (Å²) < 4.78 is 30.4. The molecule has 0 atom stereocenters. The van der Waals surface area contributed by atoms with E-state index in [1.807, 2.05) is 0 Å². The molecule has 1 aromatic carbocycles. The summed E-state index contributed by atoms with van der Waals surface area (Å²) in [6, 6.07) is 4.49. The van der Waals surface area contributed by atoms with Gasteiger partial charge in [0.15, 0.2) is 0 Å². The lowest BCUT2D eigenvalue weighted by Crippen LogP contribution is -2.17. The van der Waals surface area contributed by atoms with Crippen molar-refractivity contribution < 1.29 is 18.3 Å². The molecule has 2 aromatic rings. The topological polar surface area (TPSA) is 56.1 Å². The summed E-state index contributed by atoms with van der Waals surface area (Å²) in [4.78, 5) is 12.2. The van der Waals surface area contributed by atoms with E-state index in [0.717, 1.165) is 5.56 Å². The number of alkyl halides is 2. The highest BCUT2D eigenvalue weighted by Crippen LogP contribution is 2.28. The van der Waals surface area contributed by atoms with Crippen molar-refractivity contribution in [3.8, 4) is 5.75 Å². The van der Waals surface area contributed by atoms with E-state index in [2.05, 4.69) is 15.2 Å². The van der Waals surface area contributed by atoms with Crippen molar-refractivity contribution >= 4 is 23.2 Å². The first kappa shape index (κ1) is 15.2. The molecule has 0 radical (unpaired) electrons. The maximum absolute atomic E-state index is 12.4. The number of carbonyl (C=O) groups excluding carboxylic acids is 1. The van der Waals surface area contributed by atoms with Crippen LogP contribution in [0.15, 0.2) is 24.4 Å². The quantitative estimate of drug-likeness (QED) is 0.942. The van der Waals surface area contributed by atoms with Crippen LogP contribution in [0.3, 0.4) is 0 Å². The van der Waals surface area contributed by atoms with Gasteiger partial charge in [0.05, 0.1) is 16.9 Å². The molecule has 0 bridgehead atoms. The summed E-state index contributed by atoms with van der Waals surface area (Å²) in [6.07, 6.45) is 1.32. The smallest absolute Gasteiger partial charge is 0.387 e. The van der Waals surface area contributed by atoms with E-state index in [1.54, 1.807) is 20.0 Å². The molecule has 0 aliphatic carbocycles. The SMILES string of the molecule is Cc1ccc(OC(F)F)c(NC(=O)c2c(Cl)cnn2C)c1. The molecule has 1 heterocycles. The fourth-order valence-corrected chi connectivity index (χ4v) is 2.04. The highest BCUT2D eigenvalue weighted by Gasteiger charge is 2.18. The number of anilines is 1. The van der Waals surface area contributed by atoms with Crippen LogP contribution in [-0.2, 0) is 7.05 Å². The molecule has 0 saturated carbocycles. The number of benzene rings is 1. The number of hydrogen-bond donors (Lipinski definition) is 1. The molecule has 8 heteroatoms. The summed E-state index contributed by atoms with van der Waals surface area (Å²) >= 11 is 5.87. The largest absolute Gasteiger partial charge is 0.433 e. The minimum atomic E-state index is -2.98. The number of ether oxygens (including phenoxy) is 1. The standard InChI is InChI=1S/C13H12ClF2N3O2/c1-7-3-4-10(21-13(15)16)9(5-7)18-12(20)11-8(14)6-17-19(11)2/h3-6,13H,1-2H3,(H,18,20). The third kappa shape index (κ3) is 3.49. The van der Waals surface area contributed by atoms with Gasteiger partial charge in [-0.1, -0.05) is 17.7 Å². The van der Waals surface area contributed by atoms with Gasteiger partial charge in [0.2, 0.25) is 0 Å². The van der Waals surface area contributed by atoms with Crippen molar-refractivity contribution in [1.82, 2.24) is 9.78 Å². The minimum absolute atomic E-state index is 0.123. The summed E-state index contributed by atoms with van der Waals surface area (Å²) in [6.45, 7) is -1.22. The first-order chi connectivity index (χ1) is 9.88. The number of rotatable bonds is 4. The molecule has 2 rings (SSSR count). The number of aryl methyl sites for hydroxylation is 2. The number of aromatic nitrogens is 2. The number of amides is 1. The Labute approximate surface area is 124 Å². The fraction of sp³-hybridized carbons (Fsp3) is 0.231. The Morgan fingerprint density at radius 1 is 1.48 bits per heavy atom. The van der Waals surface area contributed by atoms with Gasteiger partial charge in [-0.3, -0.25) is 9.48 Å². The summed E-state index contributed by atoms with van der Waals surface area (Å²) in [5.74, 6) is -0.688. The van der Waals surface area contributed by atoms with Crippen molar-refractivity contribution in [3.05, 3.63) is 40.7 Å². The maximum atomic E-state index is 12.4. The van der Waals surface area contributed by atoms with Gasteiger partial charge in [-0.15, -0.1) is 0 Å². The average Bonchev–Trinajstić information content (AvgIpc) is 2.72. The zero-order valence-corrected chi connectivity index (χ0v) is 12.0. The van der Waals surface area contributed by atoms with E-state index in [9.17, 15) is 13.6 Å². The number of nitrogens with zero attached hydrogens (tertiary/aromatic N) is 2. The Morgan fingerprint density at radius 3 is 2.76 bits per heavy atom. The van der Waals surface area contributed by atoms with Crippen LogP contribution in [-0.4, -0.2) is 22.3 Å². The van der Waals surface area contributed by atoms with Crippen molar-refractivity contribution in [1.29, 1.82) is 0 Å². The second-order valence-corrected chi connectivity index (χ2v) is 4.70. The van der Waals surface area contributed by atoms with Crippen molar-refractivity contribution in [2.45, 2.75) is 13.5 Å². The normalized spacial score (nSPS) is 10.8. The second kappa shape index (κ2) is 6.09. The van der Waals surface area contributed by atoms with E-state index in [-0.39, 0.29) is 22.2 Å². The molecule has 0 aliphatic rings. The average molecular weight is 316 g/mol. The Bertz CT molecular complexity index is 654. The second-order valence-electron chi connectivity index (χ2n) is 4.30. The monoisotopic (exact) mass is 315 g/mol. The van der Waals surface area contributed by atoms with E-state index in [1.165, 1.54) is 23.0 Å². The van der Waals surface area contributed by atoms with Gasteiger partial charge in [-0.25, -0.2) is 0 Å². The molecule has 0 saturated heterocycles. The van der Waals surface area contributed by atoms with E-state index in [4.69, 9.17) is 11.6 Å². The van der Waals surface area contributed by atoms with Crippen LogP contribution in [0.25, 0.3) is 0 Å². The third-order valence-electron chi connectivity index (χ3n) is 2.71. The summed E-state index contributed by atoms with van der Waals surface area (Å²) in [5.41, 5.74) is 1.04. The summed E-state index contributed by atoms with van der Waals surface area (Å²) in [7, 11) is 1.55. The van der Waals surface area contributed by atoms with Gasteiger partial charge in [0.1, 0.15) is 11.4 Å². The predicted molar refractivity (Wildman–Crippen MR) is 74.0 cm³/mol. The van der Waals surface area contributed by atoms with Crippen LogP contribution in [0, 0.1) is 6.92 Å². The van der Waals surface area contributed by atoms with Crippen LogP contribution in [0.1, 0.15) is 16.1 Å². The van der Waals surface area contributed by atoms with Crippen LogP contribution in [0.5, 0.6) is 5.75 Å². The van der Waals surface area contributed by atoms with Crippen molar-refractivity contribution in [2.24, 2.45) is 7.05 Å². The Kier molecular flexibility index (Phi) is 4.42. The molecule has 5 nitrogen and oxygen atoms in total. The molecule has 0 aliphatic heterocycles. The first-order valence-corrected chi connectivity index (χ1v) is 6.30. The van der Waals surface area contributed by atoms with Crippen LogP contribution in [0.2, 0.25) is 5.02 Å². The van der Waals surface area contributed by atoms with Gasteiger partial charge in [-0.2, -0.15) is 13.9 Å². The van der Waals surface area contributed by atoms with Crippen LogP contribution in [0.4, 0.5) is 14.5 Å².